The van der Waals surface area contributed by atoms with E-state index in [1.807, 2.05) is 13.0 Å². The fourth-order valence-electron chi connectivity index (χ4n) is 1.40. The van der Waals surface area contributed by atoms with Crippen molar-refractivity contribution in [1.82, 2.24) is 4.98 Å². The van der Waals surface area contributed by atoms with E-state index in [0.29, 0.717) is 6.54 Å². The fraction of sp³-hybridized carbons (Fsp3) is 0.375. The van der Waals surface area contributed by atoms with Crippen molar-refractivity contribution in [3.05, 3.63) is 23.0 Å². The first-order chi connectivity index (χ1) is 5.27. The molecule has 4 heteroatoms. The average Bonchev–Trinajstić information content (AvgIpc) is 2.31. The van der Waals surface area contributed by atoms with Gasteiger partial charge >= 0.3 is 0 Å². The summed E-state index contributed by atoms with van der Waals surface area (Å²) in [6, 6.07) is 1.92. The number of hydrogen-bond donors (Lipinski definition) is 2. The molecule has 2 heterocycles. The molecule has 0 aliphatic carbocycles. The maximum absolute atomic E-state index is 9.30. The first kappa shape index (κ1) is 9.46. The van der Waals surface area contributed by atoms with Gasteiger partial charge in [-0.05, 0) is 13.0 Å². The van der Waals surface area contributed by atoms with E-state index in [1.165, 1.54) is 0 Å². The van der Waals surface area contributed by atoms with Crippen LogP contribution in [0, 0.1) is 6.92 Å². The van der Waals surface area contributed by atoms with E-state index in [0.717, 1.165) is 23.4 Å². The van der Waals surface area contributed by atoms with Gasteiger partial charge < -0.3 is 10.1 Å². The molecule has 3 nitrogen and oxygen atoms in total. The second-order valence-corrected chi connectivity index (χ2v) is 2.80. The zero-order chi connectivity index (χ0) is 7.84. The first-order valence-corrected chi connectivity index (χ1v) is 3.69. The molecule has 0 bridgehead atoms. The number of hydrogen-bond acceptors (Lipinski definition) is 1. The predicted octanol–water partition coefficient (Wildman–Crippen LogP) is 1.18. The Morgan fingerprint density at radius 2 is 2.33 bits per heavy atom. The van der Waals surface area contributed by atoms with Crippen LogP contribution >= 0.6 is 0 Å². The number of H-pyrrole nitrogens is 1. The Morgan fingerprint density at radius 1 is 1.58 bits per heavy atom. The maximum atomic E-state index is 9.30. The van der Waals surface area contributed by atoms with Crippen molar-refractivity contribution in [3.8, 4) is 0 Å². The third-order valence-corrected chi connectivity index (χ3v) is 1.90. The number of aliphatic hydroxyl groups is 1. The summed E-state index contributed by atoms with van der Waals surface area (Å²) in [7, 11) is 0. The molecule has 0 amide bonds. The Kier molecular flexibility index (Phi) is 2.68. The van der Waals surface area contributed by atoms with Crippen LogP contribution in [-0.2, 0) is 25.9 Å². The smallest absolute Gasteiger partial charge is 0.215 e. The van der Waals surface area contributed by atoms with E-state index in [2.05, 4.69) is 9.98 Å². The minimum Gasteiger partial charge on any atom is -0.493 e. The summed E-state index contributed by atoms with van der Waals surface area (Å²) in [4.78, 5) is 7.12. The average molecular weight is 253 g/mol. The van der Waals surface area contributed by atoms with E-state index in [4.69, 9.17) is 0 Å². The zero-order valence-corrected chi connectivity index (χ0v) is 8.36. The Morgan fingerprint density at radius 3 is 3.00 bits per heavy atom. The van der Waals surface area contributed by atoms with Crippen LogP contribution in [0.5, 0.6) is 0 Å². The minimum absolute atomic E-state index is 0. The topological polar surface area (TPSA) is 48.4 Å². The van der Waals surface area contributed by atoms with Crippen LogP contribution in [0.3, 0.4) is 0 Å². The summed E-state index contributed by atoms with van der Waals surface area (Å²) >= 11 is 0. The molecule has 0 aromatic carbocycles. The van der Waals surface area contributed by atoms with Gasteiger partial charge in [-0.3, -0.25) is 4.99 Å². The van der Waals surface area contributed by atoms with Gasteiger partial charge in [0.25, 0.3) is 0 Å². The molecule has 67 valence electrons. The summed E-state index contributed by atoms with van der Waals surface area (Å²) in [6.07, 6.45) is 0.910. The predicted molar refractivity (Wildman–Crippen MR) is 43.3 cm³/mol. The van der Waals surface area contributed by atoms with E-state index >= 15 is 0 Å². The molecule has 0 unspecified atom stereocenters. The maximum Gasteiger partial charge on any atom is 0.215 e. The number of aromatic amines is 1. The van der Waals surface area contributed by atoms with E-state index in [9.17, 15) is 5.11 Å². The number of aliphatic hydroxyl groups excluding tert-OH is 1. The van der Waals surface area contributed by atoms with Crippen LogP contribution in [0.1, 0.15) is 17.0 Å². The quantitative estimate of drug-likeness (QED) is 0.670. The molecule has 2 rings (SSSR count). The summed E-state index contributed by atoms with van der Waals surface area (Å²) in [6.45, 7) is 2.67. The Labute approximate surface area is 83.7 Å². The molecule has 1 radical (unpaired) electrons. The molecule has 0 saturated heterocycles. The standard InChI is InChI=1S/C8H10N2O.Rh/c1-5-4-6-7(10-5)2-3-9-8(6)11;/h4,10H,2-3H2,1H3,(H,9,11);. The van der Waals surface area contributed by atoms with Crippen molar-refractivity contribution in [2.75, 3.05) is 6.54 Å². The van der Waals surface area contributed by atoms with Gasteiger partial charge in [-0.15, -0.1) is 0 Å². The van der Waals surface area contributed by atoms with Crippen molar-refractivity contribution in [2.24, 2.45) is 4.99 Å². The number of nitrogens with zero attached hydrogens (tertiary/aromatic N) is 1. The van der Waals surface area contributed by atoms with Crippen LogP contribution < -0.4 is 0 Å². The van der Waals surface area contributed by atoms with Crippen molar-refractivity contribution in [2.45, 2.75) is 13.3 Å². The number of aliphatic imine (C=N–C) groups is 1. The molecule has 12 heavy (non-hydrogen) atoms. The third-order valence-electron chi connectivity index (χ3n) is 1.90. The van der Waals surface area contributed by atoms with Crippen LogP contribution in [-0.4, -0.2) is 22.5 Å². The summed E-state index contributed by atoms with van der Waals surface area (Å²) in [5, 5.41) is 9.30. The van der Waals surface area contributed by atoms with Gasteiger partial charge in [-0.1, -0.05) is 0 Å². The molecular weight excluding hydrogens is 243 g/mol. The first-order valence-electron chi connectivity index (χ1n) is 3.69. The van der Waals surface area contributed by atoms with Gasteiger partial charge in [0.05, 0.1) is 5.56 Å². The van der Waals surface area contributed by atoms with E-state index < -0.39 is 0 Å². The Balaban J connectivity index is 0.000000720. The zero-order valence-electron chi connectivity index (χ0n) is 6.72. The van der Waals surface area contributed by atoms with E-state index in [-0.39, 0.29) is 25.4 Å². The normalized spacial score (nSPS) is 14.6. The molecular formula is C8H10N2ORh. The van der Waals surface area contributed by atoms with Crippen molar-refractivity contribution < 1.29 is 24.6 Å². The third kappa shape index (κ3) is 1.44. The second kappa shape index (κ2) is 3.40. The van der Waals surface area contributed by atoms with E-state index in [1.54, 1.807) is 0 Å². The minimum atomic E-state index is 0. The Hall–Kier alpha value is -0.627. The molecule has 0 fully saturated rings. The molecule has 0 spiro atoms. The van der Waals surface area contributed by atoms with Crippen molar-refractivity contribution in [1.29, 1.82) is 0 Å². The van der Waals surface area contributed by atoms with Crippen LogP contribution in [0.15, 0.2) is 11.1 Å². The number of aryl methyl sites for hydroxylation is 1. The van der Waals surface area contributed by atoms with Gasteiger partial charge in [-0.25, -0.2) is 0 Å². The van der Waals surface area contributed by atoms with Gasteiger partial charge in [0.15, 0.2) is 0 Å². The fourth-order valence-corrected chi connectivity index (χ4v) is 1.40. The van der Waals surface area contributed by atoms with Gasteiger partial charge in [-0.2, -0.15) is 0 Å². The second-order valence-electron chi connectivity index (χ2n) is 2.80. The monoisotopic (exact) mass is 253 g/mol. The molecule has 1 aliphatic heterocycles. The summed E-state index contributed by atoms with van der Waals surface area (Å²) in [5.74, 6) is 0.176. The summed E-state index contributed by atoms with van der Waals surface area (Å²) < 4.78 is 0. The molecule has 1 aromatic heterocycles. The molecule has 2 N–H and O–H groups in total. The number of rotatable bonds is 0. The van der Waals surface area contributed by atoms with Crippen LogP contribution in [0.2, 0.25) is 0 Å². The van der Waals surface area contributed by atoms with Crippen molar-refractivity contribution >= 4 is 5.90 Å². The van der Waals surface area contributed by atoms with Gasteiger partial charge in [0, 0.05) is 43.8 Å². The van der Waals surface area contributed by atoms with Crippen molar-refractivity contribution in [3.63, 3.8) is 0 Å². The molecule has 1 aliphatic rings. The SMILES string of the molecule is Cc1cc2c([nH]1)CCN=C2O.[Rh]. The molecule has 0 saturated carbocycles. The molecule has 0 atom stereocenters. The molecule has 1 aromatic rings. The summed E-state index contributed by atoms with van der Waals surface area (Å²) in [5.41, 5.74) is 3.06. The Bertz CT molecular complexity index is 317. The van der Waals surface area contributed by atoms with Crippen LogP contribution in [0.25, 0.3) is 0 Å². The van der Waals surface area contributed by atoms with Gasteiger partial charge in [0.2, 0.25) is 5.90 Å². The number of fused-ring (bicyclic) bond motifs is 1. The van der Waals surface area contributed by atoms with Crippen LogP contribution in [0.4, 0.5) is 0 Å². The number of aromatic nitrogens is 1. The largest absolute Gasteiger partial charge is 0.493 e. The number of nitrogens with one attached hydrogen (secondary N) is 1. The van der Waals surface area contributed by atoms with Gasteiger partial charge in [0.1, 0.15) is 0 Å².